The fourth-order valence-corrected chi connectivity index (χ4v) is 3.36. The minimum Gasteiger partial charge on any atom is -0.280 e. The third-order valence-corrected chi connectivity index (χ3v) is 4.78. The normalized spacial score (nSPS) is 10.8. The zero-order chi connectivity index (χ0) is 15.7. The van der Waals surface area contributed by atoms with E-state index in [0.29, 0.717) is 11.2 Å². The van der Waals surface area contributed by atoms with Gasteiger partial charge in [0.05, 0.1) is 11.9 Å². The number of rotatable bonds is 3. The summed E-state index contributed by atoms with van der Waals surface area (Å²) in [6.45, 7) is 4.33. The summed E-state index contributed by atoms with van der Waals surface area (Å²) in [6.07, 6.45) is 6.34. The SMILES string of the molecule is C#CCn1c(-c2ccc(C)cc2)nc2sc(CC)cc2c1=O. The number of nitrogens with zero attached hydrogens (tertiary/aromatic N) is 2. The average molecular weight is 308 g/mol. The molecule has 0 spiro atoms. The molecule has 110 valence electrons. The molecule has 0 saturated heterocycles. The molecule has 2 aromatic heterocycles. The van der Waals surface area contributed by atoms with Crippen molar-refractivity contribution in [3.8, 4) is 23.7 Å². The van der Waals surface area contributed by atoms with Gasteiger partial charge < -0.3 is 0 Å². The summed E-state index contributed by atoms with van der Waals surface area (Å²) in [5.74, 6) is 3.20. The predicted octanol–water partition coefficient (Wildman–Crippen LogP) is 3.63. The highest BCUT2D eigenvalue weighted by Crippen LogP contribution is 2.25. The summed E-state index contributed by atoms with van der Waals surface area (Å²) in [4.78, 5) is 19.4. The molecule has 0 saturated carbocycles. The van der Waals surface area contributed by atoms with Crippen LogP contribution in [0.1, 0.15) is 17.4 Å². The number of terminal acetylenes is 1. The van der Waals surface area contributed by atoms with Gasteiger partial charge in [0.25, 0.3) is 5.56 Å². The van der Waals surface area contributed by atoms with Crippen LogP contribution in [0.25, 0.3) is 21.6 Å². The Labute approximate surface area is 133 Å². The number of aryl methyl sites for hydroxylation is 2. The van der Waals surface area contributed by atoms with Crippen LogP contribution in [0.15, 0.2) is 35.1 Å². The van der Waals surface area contributed by atoms with Crippen molar-refractivity contribution >= 4 is 21.6 Å². The lowest BCUT2D eigenvalue weighted by Crippen LogP contribution is -2.22. The topological polar surface area (TPSA) is 34.9 Å². The molecule has 2 heterocycles. The van der Waals surface area contributed by atoms with Crippen molar-refractivity contribution in [2.75, 3.05) is 0 Å². The van der Waals surface area contributed by atoms with E-state index in [0.717, 1.165) is 21.7 Å². The van der Waals surface area contributed by atoms with E-state index in [9.17, 15) is 4.79 Å². The quantitative estimate of drug-likeness (QED) is 0.693. The van der Waals surface area contributed by atoms with Gasteiger partial charge in [0, 0.05) is 10.4 Å². The first-order valence-corrected chi connectivity index (χ1v) is 7.99. The van der Waals surface area contributed by atoms with Crippen LogP contribution in [0.3, 0.4) is 0 Å². The second-order valence-electron chi connectivity index (χ2n) is 5.18. The van der Waals surface area contributed by atoms with Crippen LogP contribution in [-0.4, -0.2) is 9.55 Å². The lowest BCUT2D eigenvalue weighted by molar-refractivity contribution is 0.796. The van der Waals surface area contributed by atoms with E-state index in [-0.39, 0.29) is 12.1 Å². The molecule has 0 fully saturated rings. The Bertz CT molecular complexity index is 927. The van der Waals surface area contributed by atoms with Crippen molar-refractivity contribution in [3.63, 3.8) is 0 Å². The van der Waals surface area contributed by atoms with E-state index < -0.39 is 0 Å². The fraction of sp³-hybridized carbons (Fsp3) is 0.222. The van der Waals surface area contributed by atoms with Crippen molar-refractivity contribution < 1.29 is 0 Å². The monoisotopic (exact) mass is 308 g/mol. The van der Waals surface area contributed by atoms with E-state index in [4.69, 9.17) is 11.4 Å². The summed E-state index contributed by atoms with van der Waals surface area (Å²) in [7, 11) is 0. The van der Waals surface area contributed by atoms with Crippen LogP contribution < -0.4 is 5.56 Å². The van der Waals surface area contributed by atoms with Crippen molar-refractivity contribution in [3.05, 3.63) is 51.1 Å². The average Bonchev–Trinajstić information content (AvgIpc) is 2.94. The molecule has 0 aliphatic rings. The van der Waals surface area contributed by atoms with Gasteiger partial charge in [-0.3, -0.25) is 9.36 Å². The molecule has 0 atom stereocenters. The van der Waals surface area contributed by atoms with Gasteiger partial charge in [0.15, 0.2) is 0 Å². The molecule has 3 nitrogen and oxygen atoms in total. The number of fused-ring (bicyclic) bond motifs is 1. The van der Waals surface area contributed by atoms with Crippen molar-refractivity contribution in [1.29, 1.82) is 0 Å². The Balaban J connectivity index is 2.32. The van der Waals surface area contributed by atoms with Gasteiger partial charge >= 0.3 is 0 Å². The molecule has 4 heteroatoms. The molecule has 0 aliphatic carbocycles. The van der Waals surface area contributed by atoms with Gasteiger partial charge in [-0.2, -0.15) is 0 Å². The van der Waals surface area contributed by atoms with Crippen molar-refractivity contribution in [1.82, 2.24) is 9.55 Å². The smallest absolute Gasteiger partial charge is 0.263 e. The first-order valence-electron chi connectivity index (χ1n) is 7.17. The van der Waals surface area contributed by atoms with Crippen LogP contribution >= 0.6 is 11.3 Å². The first kappa shape index (κ1) is 14.6. The number of hydrogen-bond donors (Lipinski definition) is 0. The fourth-order valence-electron chi connectivity index (χ4n) is 2.40. The van der Waals surface area contributed by atoms with Crippen LogP contribution in [-0.2, 0) is 13.0 Å². The molecule has 0 aliphatic heterocycles. The predicted molar refractivity (Wildman–Crippen MR) is 92.3 cm³/mol. The minimum atomic E-state index is -0.0607. The lowest BCUT2D eigenvalue weighted by Gasteiger charge is -2.10. The third kappa shape index (κ3) is 2.44. The lowest BCUT2D eigenvalue weighted by atomic mass is 10.1. The highest BCUT2D eigenvalue weighted by molar-refractivity contribution is 7.18. The maximum atomic E-state index is 12.7. The van der Waals surface area contributed by atoms with E-state index in [1.54, 1.807) is 15.9 Å². The zero-order valence-corrected chi connectivity index (χ0v) is 13.4. The molecule has 0 radical (unpaired) electrons. The Morgan fingerprint density at radius 2 is 2.05 bits per heavy atom. The van der Waals surface area contributed by atoms with Crippen molar-refractivity contribution in [2.45, 2.75) is 26.8 Å². The summed E-state index contributed by atoms with van der Waals surface area (Å²) >= 11 is 1.57. The molecule has 22 heavy (non-hydrogen) atoms. The summed E-state index contributed by atoms with van der Waals surface area (Å²) in [5.41, 5.74) is 2.01. The van der Waals surface area contributed by atoms with Gasteiger partial charge in [0.1, 0.15) is 10.7 Å². The first-order chi connectivity index (χ1) is 10.6. The molecule has 3 aromatic rings. The van der Waals surface area contributed by atoms with Gasteiger partial charge in [-0.1, -0.05) is 42.7 Å². The molecule has 0 N–H and O–H groups in total. The molecule has 0 unspecified atom stereocenters. The number of hydrogen-bond acceptors (Lipinski definition) is 3. The molecule has 0 bridgehead atoms. The van der Waals surface area contributed by atoms with Crippen LogP contribution in [0.2, 0.25) is 0 Å². The molecule has 1 aromatic carbocycles. The summed E-state index contributed by atoms with van der Waals surface area (Å²) < 4.78 is 1.58. The summed E-state index contributed by atoms with van der Waals surface area (Å²) in [5, 5.41) is 0.660. The third-order valence-electron chi connectivity index (χ3n) is 3.61. The Kier molecular flexibility index (Phi) is 3.82. The number of thiophene rings is 1. The van der Waals surface area contributed by atoms with Gasteiger partial charge in [-0.25, -0.2) is 4.98 Å². The number of aromatic nitrogens is 2. The summed E-state index contributed by atoms with van der Waals surface area (Å²) in [6, 6.07) is 9.91. The number of benzene rings is 1. The zero-order valence-electron chi connectivity index (χ0n) is 12.6. The Hall–Kier alpha value is -2.38. The van der Waals surface area contributed by atoms with Crippen LogP contribution in [0.5, 0.6) is 0 Å². The standard InChI is InChI=1S/C18H16N2OS/c1-4-10-20-16(13-8-6-12(3)7-9-13)19-17-15(18(20)21)11-14(5-2)22-17/h1,6-9,11H,5,10H2,2-3H3. The van der Waals surface area contributed by atoms with E-state index in [1.807, 2.05) is 37.3 Å². The maximum Gasteiger partial charge on any atom is 0.263 e. The minimum absolute atomic E-state index is 0.0607. The van der Waals surface area contributed by atoms with Gasteiger partial charge in [-0.15, -0.1) is 17.8 Å². The van der Waals surface area contributed by atoms with Gasteiger partial charge in [0.2, 0.25) is 0 Å². The molecular weight excluding hydrogens is 292 g/mol. The van der Waals surface area contributed by atoms with E-state index in [2.05, 4.69) is 12.8 Å². The van der Waals surface area contributed by atoms with E-state index >= 15 is 0 Å². The highest BCUT2D eigenvalue weighted by Gasteiger charge is 2.14. The largest absolute Gasteiger partial charge is 0.280 e. The Morgan fingerprint density at radius 3 is 2.68 bits per heavy atom. The highest BCUT2D eigenvalue weighted by atomic mass is 32.1. The molecule has 0 amide bonds. The second kappa shape index (κ2) is 5.78. The van der Waals surface area contributed by atoms with Crippen LogP contribution in [0, 0.1) is 19.3 Å². The molecular formula is C18H16N2OS. The second-order valence-corrected chi connectivity index (χ2v) is 6.30. The van der Waals surface area contributed by atoms with Crippen LogP contribution in [0.4, 0.5) is 0 Å². The molecule has 3 rings (SSSR count). The van der Waals surface area contributed by atoms with E-state index in [1.165, 1.54) is 5.56 Å². The van der Waals surface area contributed by atoms with Crippen molar-refractivity contribution in [2.24, 2.45) is 0 Å². The Morgan fingerprint density at radius 1 is 1.32 bits per heavy atom. The van der Waals surface area contributed by atoms with Gasteiger partial charge in [-0.05, 0) is 19.4 Å². The maximum absolute atomic E-state index is 12.7.